The van der Waals surface area contributed by atoms with Crippen LogP contribution in [0.2, 0.25) is 0 Å². The third-order valence-electron chi connectivity index (χ3n) is 3.41. The molecule has 1 aliphatic rings. The summed E-state index contributed by atoms with van der Waals surface area (Å²) in [5.41, 5.74) is 6.42. The standard InChI is InChI=1S/C13H16N4O2/c1-13(6-2-3-8-18-13)12-16-11(19-17-12)10-9(14)5-4-7-15-10/h4-5,7H,2-3,6,8,14H2,1H3. The highest BCUT2D eigenvalue weighted by atomic mass is 16.5. The highest BCUT2D eigenvalue weighted by Gasteiger charge is 2.35. The van der Waals surface area contributed by atoms with Gasteiger partial charge in [0.2, 0.25) is 5.82 Å². The van der Waals surface area contributed by atoms with Gasteiger partial charge < -0.3 is 15.0 Å². The Bertz CT molecular complexity index is 576. The SMILES string of the molecule is CC1(c2noc(-c3ncccc3N)n2)CCCCO1. The van der Waals surface area contributed by atoms with Crippen molar-refractivity contribution in [3.63, 3.8) is 0 Å². The summed E-state index contributed by atoms with van der Waals surface area (Å²) < 4.78 is 11.1. The molecule has 3 heterocycles. The van der Waals surface area contributed by atoms with Crippen molar-refractivity contribution in [3.8, 4) is 11.6 Å². The van der Waals surface area contributed by atoms with E-state index in [1.165, 1.54) is 0 Å². The first-order valence-electron chi connectivity index (χ1n) is 6.38. The highest BCUT2D eigenvalue weighted by molar-refractivity contribution is 5.65. The fourth-order valence-electron chi connectivity index (χ4n) is 2.24. The zero-order valence-electron chi connectivity index (χ0n) is 10.8. The van der Waals surface area contributed by atoms with E-state index in [9.17, 15) is 0 Å². The summed E-state index contributed by atoms with van der Waals surface area (Å²) in [7, 11) is 0. The Balaban J connectivity index is 1.93. The van der Waals surface area contributed by atoms with E-state index in [2.05, 4.69) is 15.1 Å². The lowest BCUT2D eigenvalue weighted by molar-refractivity contribution is -0.0770. The lowest BCUT2D eigenvalue weighted by Crippen LogP contribution is -2.31. The Labute approximate surface area is 111 Å². The first-order chi connectivity index (χ1) is 9.19. The molecule has 1 fully saturated rings. The Morgan fingerprint density at radius 3 is 3.00 bits per heavy atom. The molecule has 0 amide bonds. The minimum absolute atomic E-state index is 0.337. The van der Waals surface area contributed by atoms with Gasteiger partial charge in [-0.05, 0) is 38.3 Å². The molecule has 100 valence electrons. The summed E-state index contributed by atoms with van der Waals surface area (Å²) in [6.07, 6.45) is 4.72. The summed E-state index contributed by atoms with van der Waals surface area (Å²) in [6, 6.07) is 3.52. The summed E-state index contributed by atoms with van der Waals surface area (Å²) >= 11 is 0. The van der Waals surface area contributed by atoms with Crippen LogP contribution >= 0.6 is 0 Å². The molecular weight excluding hydrogens is 244 g/mol. The van der Waals surface area contributed by atoms with Crippen molar-refractivity contribution in [1.29, 1.82) is 0 Å². The van der Waals surface area contributed by atoms with Crippen molar-refractivity contribution < 1.29 is 9.26 Å². The molecule has 2 aromatic rings. The molecule has 0 aliphatic carbocycles. The number of anilines is 1. The molecule has 6 heteroatoms. The quantitative estimate of drug-likeness (QED) is 0.890. The highest BCUT2D eigenvalue weighted by Crippen LogP contribution is 2.34. The van der Waals surface area contributed by atoms with Gasteiger partial charge in [0.05, 0.1) is 5.69 Å². The number of rotatable bonds is 2. The summed E-state index contributed by atoms with van der Waals surface area (Å²) in [6.45, 7) is 2.72. The lowest BCUT2D eigenvalue weighted by Gasteiger charge is -2.30. The smallest absolute Gasteiger partial charge is 0.278 e. The van der Waals surface area contributed by atoms with E-state index < -0.39 is 5.60 Å². The fourth-order valence-corrected chi connectivity index (χ4v) is 2.24. The van der Waals surface area contributed by atoms with Crippen LogP contribution in [0.4, 0.5) is 5.69 Å². The number of hydrogen-bond acceptors (Lipinski definition) is 6. The van der Waals surface area contributed by atoms with E-state index in [1.54, 1.807) is 18.3 Å². The molecule has 0 saturated carbocycles. The minimum atomic E-state index is -0.469. The van der Waals surface area contributed by atoms with Crippen LogP contribution in [0.5, 0.6) is 0 Å². The average molecular weight is 260 g/mol. The van der Waals surface area contributed by atoms with Gasteiger partial charge in [0.15, 0.2) is 5.69 Å². The van der Waals surface area contributed by atoms with Gasteiger partial charge in [0.1, 0.15) is 5.60 Å². The van der Waals surface area contributed by atoms with Gasteiger partial charge in [-0.3, -0.25) is 0 Å². The second-order valence-corrected chi connectivity index (χ2v) is 4.90. The van der Waals surface area contributed by atoms with Crippen LogP contribution in [-0.2, 0) is 10.3 Å². The molecule has 0 aromatic carbocycles. The van der Waals surface area contributed by atoms with Crippen LogP contribution in [0.1, 0.15) is 32.0 Å². The molecule has 2 aromatic heterocycles. The Hall–Kier alpha value is -1.95. The van der Waals surface area contributed by atoms with E-state index in [4.69, 9.17) is 15.0 Å². The predicted molar refractivity (Wildman–Crippen MR) is 69.1 cm³/mol. The number of ether oxygens (including phenoxy) is 1. The van der Waals surface area contributed by atoms with Crippen LogP contribution in [0.25, 0.3) is 11.6 Å². The molecule has 3 rings (SSSR count). The normalized spacial score (nSPS) is 23.4. The Morgan fingerprint density at radius 1 is 1.37 bits per heavy atom. The van der Waals surface area contributed by atoms with Crippen LogP contribution in [0.3, 0.4) is 0 Å². The molecular formula is C13H16N4O2. The predicted octanol–water partition coefficient (Wildman–Crippen LogP) is 2.13. The van der Waals surface area contributed by atoms with Gasteiger partial charge in [0.25, 0.3) is 5.89 Å². The van der Waals surface area contributed by atoms with Gasteiger partial charge in [-0.25, -0.2) is 4.98 Å². The van der Waals surface area contributed by atoms with Crippen molar-refractivity contribution in [2.45, 2.75) is 31.8 Å². The lowest BCUT2D eigenvalue weighted by atomic mass is 9.95. The van der Waals surface area contributed by atoms with E-state index >= 15 is 0 Å². The van der Waals surface area contributed by atoms with Gasteiger partial charge in [-0.15, -0.1) is 0 Å². The molecule has 1 atom stereocenters. The second kappa shape index (κ2) is 4.62. The first-order valence-corrected chi connectivity index (χ1v) is 6.38. The number of aromatic nitrogens is 3. The van der Waals surface area contributed by atoms with Gasteiger partial charge in [-0.2, -0.15) is 4.98 Å². The average Bonchev–Trinajstić information content (AvgIpc) is 2.90. The molecule has 1 unspecified atom stereocenters. The monoisotopic (exact) mass is 260 g/mol. The largest absolute Gasteiger partial charge is 0.397 e. The van der Waals surface area contributed by atoms with Crippen molar-refractivity contribution in [2.75, 3.05) is 12.3 Å². The summed E-state index contributed by atoms with van der Waals surface area (Å²) in [5.74, 6) is 0.899. The summed E-state index contributed by atoms with van der Waals surface area (Å²) in [4.78, 5) is 8.56. The van der Waals surface area contributed by atoms with E-state index in [0.29, 0.717) is 23.1 Å². The van der Waals surface area contributed by atoms with Crippen LogP contribution in [-0.4, -0.2) is 21.7 Å². The van der Waals surface area contributed by atoms with Gasteiger partial charge in [-0.1, -0.05) is 5.16 Å². The zero-order valence-corrected chi connectivity index (χ0v) is 10.8. The minimum Gasteiger partial charge on any atom is -0.397 e. The van der Waals surface area contributed by atoms with E-state index in [0.717, 1.165) is 25.9 Å². The van der Waals surface area contributed by atoms with Crippen molar-refractivity contribution in [3.05, 3.63) is 24.2 Å². The zero-order chi connectivity index (χ0) is 13.3. The van der Waals surface area contributed by atoms with E-state index in [-0.39, 0.29) is 0 Å². The topological polar surface area (TPSA) is 87.1 Å². The molecule has 0 radical (unpaired) electrons. The van der Waals surface area contributed by atoms with Crippen molar-refractivity contribution in [2.24, 2.45) is 0 Å². The number of pyridine rings is 1. The maximum atomic E-state index is 5.85. The van der Waals surface area contributed by atoms with Crippen LogP contribution < -0.4 is 5.73 Å². The maximum Gasteiger partial charge on any atom is 0.278 e. The first kappa shape index (κ1) is 12.1. The molecule has 19 heavy (non-hydrogen) atoms. The second-order valence-electron chi connectivity index (χ2n) is 4.90. The number of nitrogens with two attached hydrogens (primary N) is 1. The van der Waals surface area contributed by atoms with Gasteiger partial charge >= 0.3 is 0 Å². The third kappa shape index (κ3) is 2.19. The maximum absolute atomic E-state index is 5.85. The third-order valence-corrected chi connectivity index (χ3v) is 3.41. The van der Waals surface area contributed by atoms with Gasteiger partial charge in [0, 0.05) is 12.8 Å². The molecule has 6 nitrogen and oxygen atoms in total. The molecule has 0 spiro atoms. The fraction of sp³-hybridized carbons (Fsp3) is 0.462. The van der Waals surface area contributed by atoms with Crippen LogP contribution in [0, 0.1) is 0 Å². The Kier molecular flexibility index (Phi) is 2.94. The molecule has 1 aliphatic heterocycles. The van der Waals surface area contributed by atoms with E-state index in [1.807, 2.05) is 6.92 Å². The molecule has 0 bridgehead atoms. The number of hydrogen-bond donors (Lipinski definition) is 1. The summed E-state index contributed by atoms with van der Waals surface area (Å²) in [5, 5.41) is 4.02. The van der Waals surface area contributed by atoms with Crippen molar-refractivity contribution in [1.82, 2.24) is 15.1 Å². The Morgan fingerprint density at radius 2 is 2.26 bits per heavy atom. The van der Waals surface area contributed by atoms with Crippen molar-refractivity contribution >= 4 is 5.69 Å². The number of nitrogens with zero attached hydrogens (tertiary/aromatic N) is 3. The molecule has 1 saturated heterocycles. The van der Waals surface area contributed by atoms with Crippen LogP contribution in [0.15, 0.2) is 22.9 Å². The molecule has 2 N–H and O–H groups in total. The number of nitrogen functional groups attached to an aromatic ring is 1.